The van der Waals surface area contributed by atoms with Crippen molar-refractivity contribution in [3.8, 4) is 5.75 Å². The number of benzene rings is 1. The number of aryl methyl sites for hydroxylation is 2. The smallest absolute Gasteiger partial charge is 0.260 e. The average Bonchev–Trinajstić information content (AvgIpc) is 2.92. The van der Waals surface area contributed by atoms with Gasteiger partial charge in [0.15, 0.2) is 6.61 Å². The molecule has 106 valence electrons. The number of aromatic amines is 1. The molecule has 0 atom stereocenters. The number of nitrogens with one attached hydrogen (secondary N) is 1. The third-order valence-corrected chi connectivity index (χ3v) is 3.06. The number of carbonyl (C=O) groups is 1. The molecule has 20 heavy (non-hydrogen) atoms. The van der Waals surface area contributed by atoms with Crippen molar-refractivity contribution in [2.45, 2.75) is 20.4 Å². The van der Waals surface area contributed by atoms with Gasteiger partial charge in [0, 0.05) is 19.4 Å². The third-order valence-electron chi connectivity index (χ3n) is 3.06. The van der Waals surface area contributed by atoms with Crippen LogP contribution in [0.3, 0.4) is 0 Å². The molecule has 1 aromatic heterocycles. The number of nitrogens with zero attached hydrogens (tertiary/aromatic N) is 2. The van der Waals surface area contributed by atoms with Crippen molar-refractivity contribution in [2.24, 2.45) is 0 Å². The van der Waals surface area contributed by atoms with Crippen molar-refractivity contribution in [3.63, 3.8) is 0 Å². The van der Waals surface area contributed by atoms with Gasteiger partial charge in [-0.3, -0.25) is 4.79 Å². The Labute approximate surface area is 118 Å². The van der Waals surface area contributed by atoms with Crippen molar-refractivity contribution in [2.75, 3.05) is 13.7 Å². The van der Waals surface area contributed by atoms with Crippen LogP contribution in [0.25, 0.3) is 0 Å². The first-order valence-corrected chi connectivity index (χ1v) is 6.48. The Kier molecular flexibility index (Phi) is 4.40. The second-order valence-electron chi connectivity index (χ2n) is 4.84. The van der Waals surface area contributed by atoms with E-state index in [0.29, 0.717) is 6.54 Å². The van der Waals surface area contributed by atoms with E-state index in [-0.39, 0.29) is 12.5 Å². The van der Waals surface area contributed by atoms with E-state index < -0.39 is 0 Å². The van der Waals surface area contributed by atoms with Gasteiger partial charge in [-0.1, -0.05) is 12.1 Å². The van der Waals surface area contributed by atoms with Crippen LogP contribution in [0.2, 0.25) is 0 Å². The van der Waals surface area contributed by atoms with Gasteiger partial charge in [-0.05, 0) is 31.0 Å². The predicted octanol–water partition coefficient (Wildman–Crippen LogP) is 2.06. The van der Waals surface area contributed by atoms with Crippen LogP contribution in [0.1, 0.15) is 17.0 Å². The van der Waals surface area contributed by atoms with Gasteiger partial charge in [-0.2, -0.15) is 0 Å². The molecule has 5 nitrogen and oxygen atoms in total. The molecular weight excluding hydrogens is 254 g/mol. The Morgan fingerprint density at radius 1 is 1.40 bits per heavy atom. The van der Waals surface area contributed by atoms with Crippen LogP contribution in [-0.4, -0.2) is 34.4 Å². The molecule has 2 aromatic rings. The van der Waals surface area contributed by atoms with Gasteiger partial charge < -0.3 is 14.6 Å². The van der Waals surface area contributed by atoms with Crippen molar-refractivity contribution in [1.29, 1.82) is 0 Å². The molecule has 1 amide bonds. The molecule has 1 N–H and O–H groups in total. The van der Waals surface area contributed by atoms with Crippen molar-refractivity contribution in [3.05, 3.63) is 47.5 Å². The number of carbonyl (C=O) groups excluding carboxylic acids is 1. The summed E-state index contributed by atoms with van der Waals surface area (Å²) in [7, 11) is 1.73. The number of ether oxygens (including phenoxy) is 1. The molecular formula is C15H19N3O2. The lowest BCUT2D eigenvalue weighted by Crippen LogP contribution is -2.31. The summed E-state index contributed by atoms with van der Waals surface area (Å²) in [5.74, 6) is 1.43. The number of likely N-dealkylation sites (N-methyl/N-ethyl adjacent to an activating group) is 1. The Bertz CT molecular complexity index is 579. The predicted molar refractivity (Wildman–Crippen MR) is 76.5 cm³/mol. The molecule has 0 saturated carbocycles. The number of aromatic nitrogens is 2. The standard InChI is InChI=1S/C15H19N3O2/c1-11-4-5-12(2)13(8-11)20-10-15(19)18(3)9-14-16-6-7-17-14/h4-8H,9-10H2,1-3H3,(H,16,17). The van der Waals surface area contributed by atoms with Crippen molar-refractivity contribution >= 4 is 5.91 Å². The van der Waals surface area contributed by atoms with E-state index in [1.807, 2.05) is 32.0 Å². The summed E-state index contributed by atoms with van der Waals surface area (Å²) in [6.07, 6.45) is 3.40. The number of imidazole rings is 1. The fourth-order valence-electron chi connectivity index (χ4n) is 1.81. The van der Waals surface area contributed by atoms with E-state index >= 15 is 0 Å². The van der Waals surface area contributed by atoms with E-state index in [2.05, 4.69) is 9.97 Å². The van der Waals surface area contributed by atoms with Gasteiger partial charge in [0.05, 0.1) is 6.54 Å². The van der Waals surface area contributed by atoms with Gasteiger partial charge in [0.25, 0.3) is 5.91 Å². The number of amides is 1. The second-order valence-corrected chi connectivity index (χ2v) is 4.84. The molecule has 0 aliphatic heterocycles. The highest BCUT2D eigenvalue weighted by molar-refractivity contribution is 5.77. The molecule has 1 heterocycles. The first kappa shape index (κ1) is 14.1. The van der Waals surface area contributed by atoms with Gasteiger partial charge in [0.1, 0.15) is 11.6 Å². The lowest BCUT2D eigenvalue weighted by atomic mass is 10.1. The van der Waals surface area contributed by atoms with Crippen molar-refractivity contribution < 1.29 is 9.53 Å². The summed E-state index contributed by atoms with van der Waals surface area (Å²) in [6.45, 7) is 4.44. The zero-order valence-electron chi connectivity index (χ0n) is 12.0. The number of hydrogen-bond acceptors (Lipinski definition) is 3. The Morgan fingerprint density at radius 3 is 2.90 bits per heavy atom. The summed E-state index contributed by atoms with van der Waals surface area (Å²) >= 11 is 0. The van der Waals surface area contributed by atoms with Gasteiger partial charge >= 0.3 is 0 Å². The summed E-state index contributed by atoms with van der Waals surface area (Å²) in [4.78, 5) is 20.6. The van der Waals surface area contributed by atoms with Gasteiger partial charge in [-0.25, -0.2) is 4.98 Å². The fraction of sp³-hybridized carbons (Fsp3) is 0.333. The Balaban J connectivity index is 1.89. The van der Waals surface area contributed by atoms with E-state index in [9.17, 15) is 4.79 Å². The highest BCUT2D eigenvalue weighted by Gasteiger charge is 2.12. The average molecular weight is 273 g/mol. The Morgan fingerprint density at radius 2 is 2.20 bits per heavy atom. The normalized spacial score (nSPS) is 10.3. The SMILES string of the molecule is Cc1ccc(C)c(OCC(=O)N(C)Cc2ncc[nH]2)c1. The third kappa shape index (κ3) is 3.60. The quantitative estimate of drug-likeness (QED) is 0.907. The summed E-state index contributed by atoms with van der Waals surface area (Å²) in [5.41, 5.74) is 2.14. The highest BCUT2D eigenvalue weighted by atomic mass is 16.5. The zero-order valence-corrected chi connectivity index (χ0v) is 12.0. The van der Waals surface area contributed by atoms with Crippen LogP contribution in [-0.2, 0) is 11.3 Å². The maximum absolute atomic E-state index is 12.0. The van der Waals surface area contributed by atoms with E-state index in [0.717, 1.165) is 22.7 Å². The molecule has 1 aromatic carbocycles. The van der Waals surface area contributed by atoms with Crippen LogP contribution in [0, 0.1) is 13.8 Å². The minimum absolute atomic E-state index is 0.0293. The molecule has 0 spiro atoms. The first-order valence-electron chi connectivity index (χ1n) is 6.48. The molecule has 0 saturated heterocycles. The molecule has 2 rings (SSSR count). The maximum atomic E-state index is 12.0. The lowest BCUT2D eigenvalue weighted by Gasteiger charge is -2.17. The highest BCUT2D eigenvalue weighted by Crippen LogP contribution is 2.19. The zero-order chi connectivity index (χ0) is 14.5. The first-order chi connectivity index (χ1) is 9.56. The summed E-state index contributed by atoms with van der Waals surface area (Å²) < 4.78 is 5.60. The minimum atomic E-state index is -0.0812. The van der Waals surface area contributed by atoms with Crippen LogP contribution < -0.4 is 4.74 Å². The molecule has 0 bridgehead atoms. The summed E-state index contributed by atoms with van der Waals surface area (Å²) in [5, 5.41) is 0. The molecule has 0 radical (unpaired) electrons. The molecule has 0 aliphatic rings. The van der Waals surface area contributed by atoms with Crippen LogP contribution >= 0.6 is 0 Å². The number of rotatable bonds is 5. The van der Waals surface area contributed by atoms with E-state index in [4.69, 9.17) is 4.74 Å². The summed E-state index contributed by atoms with van der Waals surface area (Å²) in [6, 6.07) is 5.95. The van der Waals surface area contributed by atoms with Crippen molar-refractivity contribution in [1.82, 2.24) is 14.9 Å². The largest absolute Gasteiger partial charge is 0.483 e. The van der Waals surface area contributed by atoms with E-state index in [1.165, 1.54) is 0 Å². The van der Waals surface area contributed by atoms with E-state index in [1.54, 1.807) is 24.3 Å². The number of hydrogen-bond donors (Lipinski definition) is 1. The fourth-order valence-corrected chi connectivity index (χ4v) is 1.81. The molecule has 0 fully saturated rings. The minimum Gasteiger partial charge on any atom is -0.483 e. The molecule has 0 unspecified atom stereocenters. The van der Waals surface area contributed by atoms with Crippen LogP contribution in [0.4, 0.5) is 0 Å². The van der Waals surface area contributed by atoms with Crippen LogP contribution in [0.5, 0.6) is 5.75 Å². The topological polar surface area (TPSA) is 58.2 Å². The molecule has 5 heteroatoms. The number of H-pyrrole nitrogens is 1. The Hall–Kier alpha value is -2.30. The maximum Gasteiger partial charge on any atom is 0.260 e. The molecule has 0 aliphatic carbocycles. The van der Waals surface area contributed by atoms with Gasteiger partial charge in [0.2, 0.25) is 0 Å². The monoisotopic (exact) mass is 273 g/mol. The lowest BCUT2D eigenvalue weighted by molar-refractivity contribution is -0.132. The van der Waals surface area contributed by atoms with Gasteiger partial charge in [-0.15, -0.1) is 0 Å². The second kappa shape index (κ2) is 6.23. The van der Waals surface area contributed by atoms with Crippen LogP contribution in [0.15, 0.2) is 30.6 Å².